The number of nitrogens with one attached hydrogen (secondary N) is 1. The van der Waals surface area contributed by atoms with Crippen molar-refractivity contribution in [1.82, 2.24) is 0 Å². The number of benzene rings is 3. The molecule has 1 aliphatic rings. The van der Waals surface area contributed by atoms with Crippen molar-refractivity contribution in [1.29, 1.82) is 0 Å². The fraction of sp³-hybridized carbons (Fsp3) is 0.125. The molecule has 0 unspecified atom stereocenters. The van der Waals surface area contributed by atoms with Crippen LogP contribution in [0.2, 0.25) is 5.02 Å². The molecular weight excluding hydrogens is 464 g/mol. The highest BCUT2D eigenvalue weighted by atomic mass is 35.5. The number of Topliss-reactive ketones (excluding diaryl/α,β-unsaturated/α-hetero) is 1. The van der Waals surface area contributed by atoms with Gasteiger partial charge in [0.25, 0.3) is 10.0 Å². The molecule has 0 fully saturated rings. The number of carbonyl (C=O) groups excluding carboxylic acids is 1. The second-order valence-electron chi connectivity index (χ2n) is 7.20. The highest BCUT2D eigenvalue weighted by Gasteiger charge is 2.40. The standard InChI is InChI=1S/C24H21ClN2O5S/c1-31-18-11-12-22(32-2)20(13-18)26-14-23-24(28)19-5-3-4-6-21(19)27(33(23,29)30)15-16-7-9-17(25)10-8-16/h3-14,26H,15H2,1-2H3. The summed E-state index contributed by atoms with van der Waals surface area (Å²) in [5.41, 5.74) is 1.81. The summed E-state index contributed by atoms with van der Waals surface area (Å²) < 4.78 is 38.9. The molecule has 0 saturated heterocycles. The van der Waals surface area contributed by atoms with E-state index in [0.29, 0.717) is 33.5 Å². The summed E-state index contributed by atoms with van der Waals surface area (Å²) in [5, 5.41) is 3.46. The van der Waals surface area contributed by atoms with Gasteiger partial charge in [0.2, 0.25) is 5.78 Å². The van der Waals surface area contributed by atoms with E-state index in [-0.39, 0.29) is 11.4 Å². The van der Waals surface area contributed by atoms with Crippen LogP contribution >= 0.6 is 11.6 Å². The molecule has 33 heavy (non-hydrogen) atoms. The predicted molar refractivity (Wildman–Crippen MR) is 129 cm³/mol. The number of fused-ring (bicyclic) bond motifs is 1. The Balaban J connectivity index is 1.78. The van der Waals surface area contributed by atoms with Gasteiger partial charge in [-0.05, 0) is 42.0 Å². The van der Waals surface area contributed by atoms with Crippen molar-refractivity contribution in [3.05, 3.63) is 94.0 Å². The van der Waals surface area contributed by atoms with Crippen LogP contribution in [0.25, 0.3) is 0 Å². The summed E-state index contributed by atoms with van der Waals surface area (Å²) in [6.45, 7) is 0.0453. The molecule has 3 aromatic rings. The van der Waals surface area contributed by atoms with Gasteiger partial charge in [0, 0.05) is 22.9 Å². The number of ether oxygens (including phenoxy) is 2. The summed E-state index contributed by atoms with van der Waals surface area (Å²) in [7, 11) is -1.15. The third-order valence-electron chi connectivity index (χ3n) is 5.21. The van der Waals surface area contributed by atoms with Crippen LogP contribution in [0.15, 0.2) is 77.8 Å². The predicted octanol–water partition coefficient (Wildman–Crippen LogP) is 4.84. The van der Waals surface area contributed by atoms with Gasteiger partial charge in [0.1, 0.15) is 11.5 Å². The van der Waals surface area contributed by atoms with Crippen molar-refractivity contribution >= 4 is 38.8 Å². The molecule has 0 aromatic heterocycles. The Hall–Kier alpha value is -3.49. The molecule has 0 spiro atoms. The number of anilines is 2. The second kappa shape index (κ2) is 9.17. The van der Waals surface area contributed by atoms with Gasteiger partial charge in [-0.15, -0.1) is 0 Å². The summed E-state index contributed by atoms with van der Waals surface area (Å²) >= 11 is 5.97. The van der Waals surface area contributed by atoms with Crippen molar-refractivity contribution < 1.29 is 22.7 Å². The summed E-state index contributed by atoms with van der Waals surface area (Å²) in [6, 6.07) is 18.6. The lowest BCUT2D eigenvalue weighted by Gasteiger charge is -2.31. The molecule has 0 radical (unpaired) electrons. The van der Waals surface area contributed by atoms with E-state index in [1.807, 2.05) is 0 Å². The molecule has 9 heteroatoms. The molecule has 1 N–H and O–H groups in total. The monoisotopic (exact) mass is 484 g/mol. The van der Waals surface area contributed by atoms with Crippen LogP contribution in [0.1, 0.15) is 15.9 Å². The number of methoxy groups -OCH3 is 2. The highest BCUT2D eigenvalue weighted by molar-refractivity contribution is 7.97. The maximum Gasteiger partial charge on any atom is 0.270 e. The first-order valence-electron chi connectivity index (χ1n) is 9.95. The molecule has 4 rings (SSSR count). The topological polar surface area (TPSA) is 84.9 Å². The van der Waals surface area contributed by atoms with Gasteiger partial charge in [-0.1, -0.05) is 35.9 Å². The molecule has 0 atom stereocenters. The third kappa shape index (κ3) is 4.40. The first-order chi connectivity index (χ1) is 15.8. The number of halogens is 1. The fourth-order valence-corrected chi connectivity index (χ4v) is 5.17. The number of sulfonamides is 1. The van der Waals surface area contributed by atoms with Gasteiger partial charge in [-0.2, -0.15) is 0 Å². The Kier molecular flexibility index (Phi) is 6.31. The normalized spacial score (nSPS) is 15.8. The van der Waals surface area contributed by atoms with E-state index in [2.05, 4.69) is 5.32 Å². The number of rotatable bonds is 6. The van der Waals surface area contributed by atoms with Crippen molar-refractivity contribution in [2.75, 3.05) is 23.8 Å². The highest BCUT2D eigenvalue weighted by Crippen LogP contribution is 2.37. The maximum absolute atomic E-state index is 13.6. The minimum Gasteiger partial charge on any atom is -0.497 e. The van der Waals surface area contributed by atoms with Crippen LogP contribution < -0.4 is 19.1 Å². The number of allylic oxidation sites excluding steroid dienone is 1. The first-order valence-corrected chi connectivity index (χ1v) is 11.8. The molecule has 0 amide bonds. The average Bonchev–Trinajstić information content (AvgIpc) is 2.82. The van der Waals surface area contributed by atoms with Gasteiger partial charge in [0.15, 0.2) is 4.91 Å². The summed E-state index contributed by atoms with van der Waals surface area (Å²) in [4.78, 5) is 12.8. The van der Waals surface area contributed by atoms with E-state index < -0.39 is 15.8 Å². The Morgan fingerprint density at radius 3 is 2.42 bits per heavy atom. The number of para-hydroxylation sites is 1. The SMILES string of the molecule is COc1ccc(OC)c(NC=C2C(=O)c3ccccc3N(Cc3ccc(Cl)cc3)S2(=O)=O)c1. The maximum atomic E-state index is 13.6. The van der Waals surface area contributed by atoms with Crippen molar-refractivity contribution in [3.63, 3.8) is 0 Å². The zero-order valence-electron chi connectivity index (χ0n) is 17.9. The van der Waals surface area contributed by atoms with Crippen LogP contribution in [0.4, 0.5) is 11.4 Å². The van der Waals surface area contributed by atoms with Crippen molar-refractivity contribution in [3.8, 4) is 11.5 Å². The van der Waals surface area contributed by atoms with Crippen LogP contribution in [-0.4, -0.2) is 28.4 Å². The van der Waals surface area contributed by atoms with Crippen LogP contribution in [-0.2, 0) is 16.6 Å². The molecule has 3 aromatic carbocycles. The molecule has 0 bridgehead atoms. The van der Waals surface area contributed by atoms with Crippen molar-refractivity contribution in [2.24, 2.45) is 0 Å². The van der Waals surface area contributed by atoms with Crippen LogP contribution in [0.3, 0.4) is 0 Å². The molecule has 0 saturated carbocycles. The lowest BCUT2D eigenvalue weighted by molar-refractivity contribution is 0.104. The van der Waals surface area contributed by atoms with E-state index in [9.17, 15) is 13.2 Å². The van der Waals surface area contributed by atoms with Gasteiger partial charge in [-0.3, -0.25) is 9.10 Å². The Morgan fingerprint density at radius 1 is 1.00 bits per heavy atom. The van der Waals surface area contributed by atoms with Gasteiger partial charge in [-0.25, -0.2) is 8.42 Å². The lowest BCUT2D eigenvalue weighted by Crippen LogP contribution is -2.39. The van der Waals surface area contributed by atoms with Crippen LogP contribution in [0, 0.1) is 0 Å². The molecule has 170 valence electrons. The van der Waals surface area contributed by atoms with E-state index >= 15 is 0 Å². The molecular formula is C24H21ClN2O5S. The number of nitrogens with zero attached hydrogens (tertiary/aromatic N) is 1. The lowest BCUT2D eigenvalue weighted by atomic mass is 10.1. The quantitative estimate of drug-likeness (QED) is 0.504. The zero-order valence-corrected chi connectivity index (χ0v) is 19.5. The minimum absolute atomic E-state index is 0.0453. The van der Waals surface area contributed by atoms with E-state index in [1.165, 1.54) is 24.7 Å². The van der Waals surface area contributed by atoms with E-state index in [1.54, 1.807) is 66.7 Å². The Morgan fingerprint density at radius 2 is 1.73 bits per heavy atom. The Labute approximate surface area is 197 Å². The van der Waals surface area contributed by atoms with Gasteiger partial charge < -0.3 is 14.8 Å². The van der Waals surface area contributed by atoms with Crippen LogP contribution in [0.5, 0.6) is 11.5 Å². The van der Waals surface area contributed by atoms with Gasteiger partial charge in [0.05, 0.1) is 32.1 Å². The summed E-state index contributed by atoms with van der Waals surface area (Å²) in [6.07, 6.45) is 1.19. The minimum atomic E-state index is -4.16. The van der Waals surface area contributed by atoms with Gasteiger partial charge >= 0.3 is 0 Å². The van der Waals surface area contributed by atoms with E-state index in [4.69, 9.17) is 21.1 Å². The number of hydrogen-bond acceptors (Lipinski definition) is 6. The Bertz CT molecular complexity index is 1340. The molecule has 1 aliphatic heterocycles. The molecule has 1 heterocycles. The number of carbonyl (C=O) groups is 1. The second-order valence-corrected chi connectivity index (χ2v) is 9.47. The third-order valence-corrected chi connectivity index (χ3v) is 7.23. The first kappa shape index (κ1) is 22.7. The summed E-state index contributed by atoms with van der Waals surface area (Å²) in [5.74, 6) is 0.420. The average molecular weight is 485 g/mol. The zero-order chi connectivity index (χ0) is 23.6. The number of ketones is 1. The molecule has 0 aliphatic carbocycles. The largest absolute Gasteiger partial charge is 0.497 e. The molecule has 7 nitrogen and oxygen atoms in total. The fourth-order valence-electron chi connectivity index (χ4n) is 3.52. The van der Waals surface area contributed by atoms with E-state index in [0.717, 1.165) is 5.56 Å². The smallest absolute Gasteiger partial charge is 0.270 e. The van der Waals surface area contributed by atoms with Crippen molar-refractivity contribution in [2.45, 2.75) is 6.54 Å². The number of hydrogen-bond donors (Lipinski definition) is 1.